The molecule has 2 unspecified atom stereocenters. The summed E-state index contributed by atoms with van der Waals surface area (Å²) in [6, 6.07) is 9.92. The molecule has 1 fully saturated rings. The molecule has 2 rings (SSSR count). The number of Topliss-reactive ketones (excluding diaryl/α,β-unsaturated/α-hetero) is 1. The zero-order valence-corrected chi connectivity index (χ0v) is 19.4. The summed E-state index contributed by atoms with van der Waals surface area (Å²) in [5.41, 5.74) is 1.91. The van der Waals surface area contributed by atoms with Crippen molar-refractivity contribution in [2.24, 2.45) is 5.92 Å². The number of benzene rings is 1. The summed E-state index contributed by atoms with van der Waals surface area (Å²) in [6.07, 6.45) is 9.57. The molecule has 0 bridgehead atoms. The second-order valence-electron chi connectivity index (χ2n) is 8.67. The lowest BCUT2D eigenvalue weighted by Gasteiger charge is -2.14. The highest BCUT2D eigenvalue weighted by molar-refractivity contribution is 5.80. The number of carbonyl (C=O) groups is 2. The van der Waals surface area contributed by atoms with Crippen molar-refractivity contribution in [3.63, 3.8) is 0 Å². The van der Waals surface area contributed by atoms with Crippen LogP contribution in [0.1, 0.15) is 70.8 Å². The van der Waals surface area contributed by atoms with Crippen LogP contribution in [0.5, 0.6) is 0 Å². The van der Waals surface area contributed by atoms with Gasteiger partial charge in [-0.15, -0.1) is 0 Å². The van der Waals surface area contributed by atoms with Crippen molar-refractivity contribution in [3.05, 3.63) is 59.7 Å². The monoisotopic (exact) mass is 442 g/mol. The first kappa shape index (κ1) is 26.0. The van der Waals surface area contributed by atoms with Gasteiger partial charge in [0.2, 0.25) is 0 Å². The highest BCUT2D eigenvalue weighted by Gasteiger charge is 2.35. The quantitative estimate of drug-likeness (QED) is 0.263. The zero-order valence-electron chi connectivity index (χ0n) is 19.4. The molecule has 5 nitrogen and oxygen atoms in total. The number of hydrogen-bond acceptors (Lipinski definition) is 5. The number of aliphatic hydroxyl groups is 2. The Hall–Kier alpha value is -2.24. The van der Waals surface area contributed by atoms with Crippen LogP contribution >= 0.6 is 0 Å². The predicted molar refractivity (Wildman–Crippen MR) is 126 cm³/mol. The Morgan fingerprint density at radius 1 is 1.16 bits per heavy atom. The molecule has 0 aromatic heterocycles. The lowest BCUT2D eigenvalue weighted by molar-refractivity contribution is -0.148. The Labute approximate surface area is 192 Å². The van der Waals surface area contributed by atoms with Crippen LogP contribution in [0.3, 0.4) is 0 Å². The van der Waals surface area contributed by atoms with E-state index in [1.807, 2.05) is 62.4 Å². The number of ketones is 1. The number of allylic oxidation sites excluding steroid dienone is 3. The topological polar surface area (TPSA) is 83.8 Å². The van der Waals surface area contributed by atoms with E-state index < -0.39 is 12.2 Å². The second kappa shape index (κ2) is 14.0. The summed E-state index contributed by atoms with van der Waals surface area (Å²) in [5, 5.41) is 20.7. The van der Waals surface area contributed by atoms with Crippen LogP contribution in [-0.2, 0) is 20.7 Å². The van der Waals surface area contributed by atoms with Gasteiger partial charge in [-0.2, -0.15) is 0 Å². The number of aliphatic hydroxyl groups excluding tert-OH is 2. The van der Waals surface area contributed by atoms with E-state index in [2.05, 4.69) is 0 Å². The summed E-state index contributed by atoms with van der Waals surface area (Å²) in [6.45, 7) is 3.87. The molecule has 176 valence electrons. The summed E-state index contributed by atoms with van der Waals surface area (Å²) in [4.78, 5) is 24.0. The maximum absolute atomic E-state index is 12.3. The van der Waals surface area contributed by atoms with Crippen LogP contribution in [0, 0.1) is 5.92 Å². The van der Waals surface area contributed by atoms with Crippen LogP contribution in [0.15, 0.2) is 54.1 Å². The molecule has 1 aliphatic rings. The maximum Gasteiger partial charge on any atom is 0.306 e. The standard InChI is InChI=1S/C27H38O5/c1-3-20(2)32-27(31)14-10-5-4-9-13-23-24(26(30)19-25(23)29)18-17-22(28)16-15-21-11-7-6-8-12-21/h4,6-9,11-12,18,20,23,25-26,29-30H,3,5,10,13-17,19H2,1-2H3/t20?,23?,25-,26+/m0/s1. The van der Waals surface area contributed by atoms with Crippen molar-refractivity contribution < 1.29 is 24.5 Å². The van der Waals surface area contributed by atoms with Gasteiger partial charge in [0, 0.05) is 31.6 Å². The Kier molecular flexibility index (Phi) is 11.4. The molecule has 1 aliphatic carbocycles. The zero-order chi connectivity index (χ0) is 23.3. The second-order valence-corrected chi connectivity index (χ2v) is 8.67. The minimum atomic E-state index is -0.694. The largest absolute Gasteiger partial charge is 0.463 e. The van der Waals surface area contributed by atoms with Crippen molar-refractivity contribution in [2.75, 3.05) is 0 Å². The SMILES string of the molecule is CCC(C)OC(=O)CCCC=CCC1C(=CCC(=O)CCc2ccccc2)[C@H](O)C[C@@H]1O. The molecule has 0 spiro atoms. The molecule has 2 N–H and O–H groups in total. The van der Waals surface area contributed by atoms with E-state index >= 15 is 0 Å². The number of unbranched alkanes of at least 4 members (excludes halogenated alkanes) is 1. The Morgan fingerprint density at radius 2 is 1.91 bits per heavy atom. The molecule has 0 aliphatic heterocycles. The predicted octanol–water partition coefficient (Wildman–Crippen LogP) is 4.70. The highest BCUT2D eigenvalue weighted by Crippen LogP contribution is 2.35. The molecule has 1 saturated carbocycles. The summed E-state index contributed by atoms with van der Waals surface area (Å²) < 4.78 is 5.26. The van der Waals surface area contributed by atoms with Gasteiger partial charge >= 0.3 is 5.97 Å². The number of esters is 1. The summed E-state index contributed by atoms with van der Waals surface area (Å²) in [5.74, 6) is -0.198. The van der Waals surface area contributed by atoms with E-state index in [-0.39, 0.29) is 30.2 Å². The lowest BCUT2D eigenvalue weighted by atomic mass is 9.94. The van der Waals surface area contributed by atoms with Crippen LogP contribution in [0.25, 0.3) is 0 Å². The smallest absolute Gasteiger partial charge is 0.306 e. The number of aryl methyl sites for hydroxylation is 1. The van der Waals surface area contributed by atoms with Gasteiger partial charge in [0.25, 0.3) is 0 Å². The fourth-order valence-corrected chi connectivity index (χ4v) is 3.93. The maximum atomic E-state index is 12.3. The molecular formula is C27H38O5. The van der Waals surface area contributed by atoms with Crippen molar-refractivity contribution in [2.45, 2.75) is 89.9 Å². The van der Waals surface area contributed by atoms with E-state index in [1.54, 1.807) is 0 Å². The third-order valence-electron chi connectivity index (χ3n) is 6.06. The third-order valence-corrected chi connectivity index (χ3v) is 6.06. The molecule has 5 heteroatoms. The van der Waals surface area contributed by atoms with E-state index in [1.165, 1.54) is 0 Å². The van der Waals surface area contributed by atoms with Crippen molar-refractivity contribution in [3.8, 4) is 0 Å². The average molecular weight is 443 g/mol. The average Bonchev–Trinajstić information content (AvgIpc) is 3.05. The first-order chi connectivity index (χ1) is 15.4. The fraction of sp³-hybridized carbons (Fsp3) is 0.556. The van der Waals surface area contributed by atoms with Crippen LogP contribution in [0.4, 0.5) is 0 Å². The minimum absolute atomic E-state index is 0.0382. The Bertz CT molecular complexity index is 768. The molecule has 1 aromatic carbocycles. The molecule has 1 aromatic rings. The number of rotatable bonds is 13. The Morgan fingerprint density at radius 3 is 2.62 bits per heavy atom. The van der Waals surface area contributed by atoms with Gasteiger partial charge in [-0.25, -0.2) is 0 Å². The number of ether oxygens (including phenoxy) is 1. The van der Waals surface area contributed by atoms with E-state index in [0.29, 0.717) is 32.1 Å². The van der Waals surface area contributed by atoms with E-state index in [4.69, 9.17) is 4.74 Å². The van der Waals surface area contributed by atoms with Gasteiger partial charge < -0.3 is 14.9 Å². The molecule has 0 amide bonds. The van der Waals surface area contributed by atoms with Crippen LogP contribution in [0.2, 0.25) is 0 Å². The van der Waals surface area contributed by atoms with Gasteiger partial charge in [0.05, 0.1) is 18.3 Å². The van der Waals surface area contributed by atoms with E-state index in [0.717, 1.165) is 30.4 Å². The molecule has 32 heavy (non-hydrogen) atoms. The van der Waals surface area contributed by atoms with Crippen LogP contribution in [-0.4, -0.2) is 40.3 Å². The number of hydrogen-bond donors (Lipinski definition) is 2. The Balaban J connectivity index is 1.76. The molecular weight excluding hydrogens is 404 g/mol. The highest BCUT2D eigenvalue weighted by atomic mass is 16.5. The minimum Gasteiger partial charge on any atom is -0.463 e. The first-order valence-corrected chi connectivity index (χ1v) is 11.9. The van der Waals surface area contributed by atoms with Crippen molar-refractivity contribution in [1.29, 1.82) is 0 Å². The van der Waals surface area contributed by atoms with Gasteiger partial charge in [0.1, 0.15) is 5.78 Å². The summed E-state index contributed by atoms with van der Waals surface area (Å²) in [7, 11) is 0. The molecule has 4 atom stereocenters. The van der Waals surface area contributed by atoms with Gasteiger partial charge in [0.15, 0.2) is 0 Å². The number of carbonyl (C=O) groups excluding carboxylic acids is 2. The molecule has 0 saturated heterocycles. The van der Waals surface area contributed by atoms with Gasteiger partial charge in [-0.1, -0.05) is 55.5 Å². The first-order valence-electron chi connectivity index (χ1n) is 11.9. The van der Waals surface area contributed by atoms with Crippen molar-refractivity contribution >= 4 is 11.8 Å². The summed E-state index contributed by atoms with van der Waals surface area (Å²) >= 11 is 0. The van der Waals surface area contributed by atoms with Crippen molar-refractivity contribution in [1.82, 2.24) is 0 Å². The molecule has 0 radical (unpaired) electrons. The van der Waals surface area contributed by atoms with Gasteiger partial charge in [-0.3, -0.25) is 9.59 Å². The normalized spacial score (nSPS) is 23.0. The van der Waals surface area contributed by atoms with Crippen LogP contribution < -0.4 is 0 Å². The lowest BCUT2D eigenvalue weighted by Crippen LogP contribution is -2.14. The fourth-order valence-electron chi connectivity index (χ4n) is 3.93. The van der Waals surface area contributed by atoms with Gasteiger partial charge in [-0.05, 0) is 50.2 Å². The third kappa shape index (κ3) is 9.09. The van der Waals surface area contributed by atoms with E-state index in [9.17, 15) is 19.8 Å². The molecule has 0 heterocycles.